The summed E-state index contributed by atoms with van der Waals surface area (Å²) in [7, 11) is 0. The number of hydrogen-bond donors (Lipinski definition) is 1. The summed E-state index contributed by atoms with van der Waals surface area (Å²) in [5, 5.41) is 2.82. The van der Waals surface area contributed by atoms with Crippen LogP contribution >= 0.6 is 0 Å². The molecule has 1 N–H and O–H groups in total. The summed E-state index contributed by atoms with van der Waals surface area (Å²) >= 11 is 0. The lowest BCUT2D eigenvalue weighted by Crippen LogP contribution is -2.24. The van der Waals surface area contributed by atoms with Crippen LogP contribution in [-0.4, -0.2) is 22.0 Å². The predicted octanol–water partition coefficient (Wildman–Crippen LogP) is 3.49. The second-order valence-electron chi connectivity index (χ2n) is 5.72. The molecule has 0 aliphatic carbocycles. The van der Waals surface area contributed by atoms with E-state index in [4.69, 9.17) is 4.98 Å². The van der Waals surface area contributed by atoms with E-state index in [0.717, 1.165) is 16.9 Å². The van der Waals surface area contributed by atoms with Crippen LogP contribution in [0.4, 0.5) is 0 Å². The van der Waals surface area contributed by atoms with Crippen molar-refractivity contribution in [3.63, 3.8) is 0 Å². The van der Waals surface area contributed by atoms with Crippen LogP contribution in [-0.2, 0) is 11.2 Å². The Balaban J connectivity index is 1.96. The molecule has 1 unspecified atom stereocenters. The number of carbonyl (C=O) groups is 1. The van der Waals surface area contributed by atoms with Crippen LogP contribution in [0, 0.1) is 0 Å². The minimum absolute atomic E-state index is 0.159. The quantitative estimate of drug-likeness (QED) is 0.707. The molecule has 0 aliphatic heterocycles. The molecule has 2 aromatic carbocycles. The smallest absolute Gasteiger partial charge is 0.243 e. The fourth-order valence-electron chi connectivity index (χ4n) is 2.95. The molecule has 1 heterocycles. The predicted molar refractivity (Wildman–Crippen MR) is 96.9 cm³/mol. The van der Waals surface area contributed by atoms with Crippen LogP contribution in [0.15, 0.2) is 67.3 Å². The third kappa shape index (κ3) is 3.23. The molecule has 1 amide bonds. The fourth-order valence-corrected chi connectivity index (χ4v) is 2.95. The van der Waals surface area contributed by atoms with E-state index in [2.05, 4.69) is 53.7 Å². The third-order valence-corrected chi connectivity index (χ3v) is 4.17. The van der Waals surface area contributed by atoms with E-state index in [9.17, 15) is 4.79 Å². The zero-order valence-corrected chi connectivity index (χ0v) is 13.8. The highest BCUT2D eigenvalue weighted by Gasteiger charge is 2.16. The van der Waals surface area contributed by atoms with E-state index in [0.29, 0.717) is 13.0 Å². The summed E-state index contributed by atoms with van der Waals surface area (Å²) in [4.78, 5) is 16.1. The highest BCUT2D eigenvalue weighted by Crippen LogP contribution is 2.26. The Kier molecular flexibility index (Phi) is 4.75. The molecule has 3 rings (SSSR count). The van der Waals surface area contributed by atoms with Gasteiger partial charge >= 0.3 is 0 Å². The lowest BCUT2D eigenvalue weighted by molar-refractivity contribution is -0.116. The third-order valence-electron chi connectivity index (χ3n) is 4.17. The SMILES string of the molecule is C=CC(=O)NCCc1nc2ccccc2n1C(C)c1ccccc1. The summed E-state index contributed by atoms with van der Waals surface area (Å²) in [6, 6.07) is 18.7. The Bertz CT molecular complexity index is 852. The van der Waals surface area contributed by atoms with Gasteiger partial charge in [-0.15, -0.1) is 0 Å². The summed E-state index contributed by atoms with van der Waals surface area (Å²) in [5.41, 5.74) is 3.32. The van der Waals surface area contributed by atoms with Gasteiger partial charge in [0.1, 0.15) is 5.82 Å². The first-order valence-electron chi connectivity index (χ1n) is 8.11. The number of aromatic nitrogens is 2. The van der Waals surface area contributed by atoms with Crippen LogP contribution < -0.4 is 5.32 Å². The molecule has 24 heavy (non-hydrogen) atoms. The molecule has 4 nitrogen and oxygen atoms in total. The first kappa shape index (κ1) is 16.0. The Hall–Kier alpha value is -2.88. The van der Waals surface area contributed by atoms with Crippen LogP contribution in [0.1, 0.15) is 24.4 Å². The topological polar surface area (TPSA) is 46.9 Å². The van der Waals surface area contributed by atoms with Crippen molar-refractivity contribution in [2.24, 2.45) is 0 Å². The maximum Gasteiger partial charge on any atom is 0.243 e. The van der Waals surface area contributed by atoms with Gasteiger partial charge in [-0.25, -0.2) is 4.98 Å². The zero-order valence-electron chi connectivity index (χ0n) is 13.8. The number of nitrogens with zero attached hydrogens (tertiary/aromatic N) is 2. The number of hydrogen-bond acceptors (Lipinski definition) is 2. The highest BCUT2D eigenvalue weighted by molar-refractivity contribution is 5.86. The standard InChI is InChI=1S/C20H21N3O/c1-3-20(24)21-14-13-19-22-17-11-7-8-12-18(17)23(19)15(2)16-9-5-4-6-10-16/h3-12,15H,1,13-14H2,2H3,(H,21,24). The monoisotopic (exact) mass is 319 g/mol. The van der Waals surface area contributed by atoms with Gasteiger partial charge in [0.25, 0.3) is 0 Å². The van der Waals surface area contributed by atoms with Crippen molar-refractivity contribution in [1.29, 1.82) is 0 Å². The van der Waals surface area contributed by atoms with Gasteiger partial charge in [0, 0.05) is 13.0 Å². The average molecular weight is 319 g/mol. The molecule has 1 aromatic heterocycles. The van der Waals surface area contributed by atoms with Crippen molar-refractivity contribution in [1.82, 2.24) is 14.9 Å². The van der Waals surface area contributed by atoms with Gasteiger partial charge in [0.05, 0.1) is 17.1 Å². The van der Waals surface area contributed by atoms with Gasteiger partial charge in [0.15, 0.2) is 0 Å². The molecular formula is C20H21N3O. The summed E-state index contributed by atoms with van der Waals surface area (Å²) in [6.45, 7) is 6.19. The van der Waals surface area contributed by atoms with Crippen molar-refractivity contribution >= 4 is 16.9 Å². The molecule has 0 radical (unpaired) electrons. The molecule has 122 valence electrons. The van der Waals surface area contributed by atoms with Crippen molar-refractivity contribution in [3.8, 4) is 0 Å². The van der Waals surface area contributed by atoms with E-state index >= 15 is 0 Å². The maximum atomic E-state index is 11.4. The van der Waals surface area contributed by atoms with Gasteiger partial charge < -0.3 is 9.88 Å². The van der Waals surface area contributed by atoms with E-state index in [1.54, 1.807) is 0 Å². The van der Waals surface area contributed by atoms with Crippen molar-refractivity contribution in [2.45, 2.75) is 19.4 Å². The number of carbonyl (C=O) groups excluding carboxylic acids is 1. The minimum atomic E-state index is -0.159. The Labute approximate surface area is 141 Å². The van der Waals surface area contributed by atoms with Gasteiger partial charge in [0.2, 0.25) is 5.91 Å². The van der Waals surface area contributed by atoms with Crippen LogP contribution in [0.5, 0.6) is 0 Å². The summed E-state index contributed by atoms with van der Waals surface area (Å²) in [5.74, 6) is 0.811. The molecule has 0 saturated heterocycles. The maximum absolute atomic E-state index is 11.4. The largest absolute Gasteiger partial charge is 0.352 e. The summed E-state index contributed by atoms with van der Waals surface area (Å²) < 4.78 is 2.25. The van der Waals surface area contributed by atoms with Crippen molar-refractivity contribution in [2.75, 3.05) is 6.54 Å². The zero-order chi connectivity index (χ0) is 16.9. The Morgan fingerprint density at radius 2 is 1.92 bits per heavy atom. The number of benzene rings is 2. The first-order chi connectivity index (χ1) is 11.7. The van der Waals surface area contributed by atoms with E-state index in [1.807, 2.05) is 24.3 Å². The first-order valence-corrected chi connectivity index (χ1v) is 8.11. The summed E-state index contributed by atoms with van der Waals surface area (Å²) in [6.07, 6.45) is 1.96. The van der Waals surface area contributed by atoms with Crippen LogP contribution in [0.3, 0.4) is 0 Å². The molecule has 0 aliphatic rings. The fraction of sp³-hybridized carbons (Fsp3) is 0.200. The average Bonchev–Trinajstić information content (AvgIpc) is 2.99. The van der Waals surface area contributed by atoms with Gasteiger partial charge in [-0.1, -0.05) is 49.0 Å². The van der Waals surface area contributed by atoms with Crippen LogP contribution in [0.25, 0.3) is 11.0 Å². The lowest BCUT2D eigenvalue weighted by Gasteiger charge is -2.18. The number of rotatable bonds is 6. The second-order valence-corrected chi connectivity index (χ2v) is 5.72. The number of amides is 1. The van der Waals surface area contributed by atoms with E-state index in [1.165, 1.54) is 11.6 Å². The highest BCUT2D eigenvalue weighted by atomic mass is 16.1. The van der Waals surface area contributed by atoms with E-state index < -0.39 is 0 Å². The molecule has 0 fully saturated rings. The number of imidazole rings is 1. The molecule has 0 spiro atoms. The molecule has 0 saturated carbocycles. The lowest BCUT2D eigenvalue weighted by atomic mass is 10.1. The minimum Gasteiger partial charge on any atom is -0.352 e. The Morgan fingerprint density at radius 1 is 1.21 bits per heavy atom. The van der Waals surface area contributed by atoms with Crippen molar-refractivity contribution < 1.29 is 4.79 Å². The number of nitrogens with one attached hydrogen (secondary N) is 1. The molecule has 4 heteroatoms. The van der Waals surface area contributed by atoms with Gasteiger partial charge in [-0.3, -0.25) is 4.79 Å². The van der Waals surface area contributed by atoms with Gasteiger partial charge in [-0.2, -0.15) is 0 Å². The second kappa shape index (κ2) is 7.13. The van der Waals surface area contributed by atoms with E-state index in [-0.39, 0.29) is 11.9 Å². The van der Waals surface area contributed by atoms with Gasteiger partial charge in [-0.05, 0) is 30.7 Å². The molecule has 3 aromatic rings. The Morgan fingerprint density at radius 3 is 2.67 bits per heavy atom. The molecule has 1 atom stereocenters. The van der Waals surface area contributed by atoms with Crippen molar-refractivity contribution in [3.05, 3.63) is 78.6 Å². The number of para-hydroxylation sites is 2. The number of fused-ring (bicyclic) bond motifs is 1. The normalized spacial score (nSPS) is 12.0. The molecule has 0 bridgehead atoms. The molecular weight excluding hydrogens is 298 g/mol. The van der Waals surface area contributed by atoms with Crippen LogP contribution in [0.2, 0.25) is 0 Å².